The zero-order chi connectivity index (χ0) is 7.52. The molecule has 1 N–H and O–H groups in total. The first-order chi connectivity index (χ1) is 5.47. The third-order valence-corrected chi connectivity index (χ3v) is 3.24. The predicted octanol–water partition coefficient (Wildman–Crippen LogP) is -0.348. The van der Waals surface area contributed by atoms with E-state index >= 15 is 0 Å². The van der Waals surface area contributed by atoms with Crippen molar-refractivity contribution in [1.29, 1.82) is 0 Å². The van der Waals surface area contributed by atoms with Gasteiger partial charge in [0, 0.05) is 25.4 Å². The van der Waals surface area contributed by atoms with Crippen LogP contribution in [0.3, 0.4) is 0 Å². The minimum absolute atomic E-state index is 0.330. The number of ether oxygens (including phenoxy) is 1. The highest BCUT2D eigenvalue weighted by Gasteiger charge is 2.27. The highest BCUT2D eigenvalue weighted by atomic mass is 32.2. The van der Waals surface area contributed by atoms with E-state index < -0.39 is 0 Å². The van der Waals surface area contributed by atoms with Crippen molar-refractivity contribution in [3.63, 3.8) is 0 Å². The summed E-state index contributed by atoms with van der Waals surface area (Å²) < 4.78 is 5.58. The molecule has 2 heterocycles. The molecule has 0 aromatic rings. The smallest absolute Gasteiger partial charge is 0.0962 e. The quantitative estimate of drug-likeness (QED) is 0.589. The molecule has 2 rings (SSSR count). The average Bonchev–Trinajstić information content (AvgIpc) is 2.58. The van der Waals surface area contributed by atoms with Gasteiger partial charge in [-0.2, -0.15) is 0 Å². The largest absolute Gasteiger partial charge is 0.373 e. The highest BCUT2D eigenvalue weighted by Crippen LogP contribution is 2.19. The molecule has 1 radical (unpaired) electrons. The maximum absolute atomic E-state index is 5.58. The van der Waals surface area contributed by atoms with Crippen molar-refractivity contribution >= 4 is 11.8 Å². The molecule has 2 aliphatic heterocycles. The molecule has 4 heteroatoms. The van der Waals surface area contributed by atoms with E-state index in [2.05, 4.69) is 10.6 Å². The Labute approximate surface area is 71.3 Å². The van der Waals surface area contributed by atoms with Crippen LogP contribution < -0.4 is 10.6 Å². The molecule has 0 aromatic carbocycles. The van der Waals surface area contributed by atoms with Gasteiger partial charge in [-0.1, -0.05) is 0 Å². The molecule has 0 bridgehead atoms. The van der Waals surface area contributed by atoms with Crippen molar-refractivity contribution in [1.82, 2.24) is 10.6 Å². The monoisotopic (exact) mass is 173 g/mol. The Morgan fingerprint density at radius 2 is 2.55 bits per heavy atom. The Balaban J connectivity index is 1.82. The van der Waals surface area contributed by atoms with Crippen LogP contribution in [-0.2, 0) is 4.74 Å². The molecule has 0 aliphatic carbocycles. The van der Waals surface area contributed by atoms with Crippen LogP contribution in [0.1, 0.15) is 0 Å². The molecule has 0 amide bonds. The van der Waals surface area contributed by atoms with Gasteiger partial charge in [-0.15, -0.1) is 11.8 Å². The van der Waals surface area contributed by atoms with Crippen molar-refractivity contribution in [3.05, 3.63) is 0 Å². The van der Waals surface area contributed by atoms with Crippen molar-refractivity contribution in [2.75, 3.05) is 32.0 Å². The van der Waals surface area contributed by atoms with E-state index in [-0.39, 0.29) is 0 Å². The minimum Gasteiger partial charge on any atom is -0.373 e. The summed E-state index contributed by atoms with van der Waals surface area (Å²) in [6, 6.07) is 0. The molecule has 2 unspecified atom stereocenters. The lowest BCUT2D eigenvalue weighted by Gasteiger charge is -2.26. The maximum Gasteiger partial charge on any atom is 0.0962 e. The summed E-state index contributed by atoms with van der Waals surface area (Å²) in [6.45, 7) is 3.69. The predicted molar refractivity (Wildman–Crippen MR) is 45.9 cm³/mol. The topological polar surface area (TPSA) is 35.4 Å². The van der Waals surface area contributed by atoms with E-state index in [0.717, 1.165) is 26.2 Å². The van der Waals surface area contributed by atoms with Gasteiger partial charge in [0.2, 0.25) is 0 Å². The van der Waals surface area contributed by atoms with Gasteiger partial charge in [-0.3, -0.25) is 0 Å². The first-order valence-corrected chi connectivity index (χ1v) is 5.11. The molecule has 3 nitrogen and oxygen atoms in total. The van der Waals surface area contributed by atoms with E-state index in [1.165, 1.54) is 5.75 Å². The van der Waals surface area contributed by atoms with E-state index in [9.17, 15) is 0 Å². The molecule has 2 atom stereocenters. The van der Waals surface area contributed by atoms with Gasteiger partial charge in [-0.25, -0.2) is 5.32 Å². The zero-order valence-corrected chi connectivity index (χ0v) is 7.27. The third-order valence-electron chi connectivity index (χ3n) is 1.97. The van der Waals surface area contributed by atoms with Crippen LogP contribution in [-0.4, -0.2) is 43.5 Å². The molecular formula is C7H13N2OS. The molecule has 0 saturated carbocycles. The normalized spacial score (nSPS) is 39.3. The van der Waals surface area contributed by atoms with Crippen LogP contribution in [0.4, 0.5) is 0 Å². The third kappa shape index (κ3) is 1.87. The summed E-state index contributed by atoms with van der Waals surface area (Å²) in [5.41, 5.74) is 0. The van der Waals surface area contributed by atoms with Crippen molar-refractivity contribution in [2.24, 2.45) is 0 Å². The molecule has 11 heavy (non-hydrogen) atoms. The van der Waals surface area contributed by atoms with E-state index in [4.69, 9.17) is 4.74 Å². The van der Waals surface area contributed by atoms with Crippen LogP contribution in [0, 0.1) is 0 Å². The van der Waals surface area contributed by atoms with Crippen LogP contribution in [0.25, 0.3) is 0 Å². The Hall–Kier alpha value is 0.230. The first kappa shape index (κ1) is 7.86. The van der Waals surface area contributed by atoms with Gasteiger partial charge in [0.25, 0.3) is 0 Å². The fourth-order valence-corrected chi connectivity index (χ4v) is 2.51. The summed E-state index contributed by atoms with van der Waals surface area (Å²) in [5.74, 6) is 1.21. The molecule has 2 saturated heterocycles. The maximum atomic E-state index is 5.58. The van der Waals surface area contributed by atoms with Crippen molar-refractivity contribution < 1.29 is 4.74 Å². The molecule has 2 aliphatic rings. The number of hydrogen-bond acceptors (Lipinski definition) is 3. The SMILES string of the molecule is C1COC(C2NCCS2)C[N]1. The van der Waals surface area contributed by atoms with Gasteiger partial charge in [0.1, 0.15) is 0 Å². The number of nitrogens with zero attached hydrogens (tertiary/aromatic N) is 1. The molecule has 2 fully saturated rings. The second-order valence-corrected chi connectivity index (χ2v) is 4.03. The van der Waals surface area contributed by atoms with Crippen LogP contribution in [0.5, 0.6) is 0 Å². The van der Waals surface area contributed by atoms with Gasteiger partial charge >= 0.3 is 0 Å². The summed E-state index contributed by atoms with van der Waals surface area (Å²) >= 11 is 1.95. The van der Waals surface area contributed by atoms with Gasteiger partial charge in [-0.05, 0) is 0 Å². The Morgan fingerprint density at radius 1 is 1.55 bits per heavy atom. The average molecular weight is 173 g/mol. The van der Waals surface area contributed by atoms with Gasteiger partial charge < -0.3 is 10.1 Å². The zero-order valence-electron chi connectivity index (χ0n) is 6.45. The number of thioether (sulfide) groups is 1. The summed E-state index contributed by atoms with van der Waals surface area (Å²) in [6.07, 6.45) is 0.330. The number of morpholine rings is 1. The molecule has 0 aromatic heterocycles. The summed E-state index contributed by atoms with van der Waals surface area (Å²) in [4.78, 5) is 0. The Kier molecular flexibility index (Phi) is 2.68. The van der Waals surface area contributed by atoms with Crippen LogP contribution in [0.2, 0.25) is 0 Å². The first-order valence-electron chi connectivity index (χ1n) is 4.07. The minimum atomic E-state index is 0.330. The highest BCUT2D eigenvalue weighted by molar-refractivity contribution is 8.00. The number of rotatable bonds is 1. The summed E-state index contributed by atoms with van der Waals surface area (Å²) in [7, 11) is 0. The molecule has 0 spiro atoms. The Bertz CT molecular complexity index is 122. The van der Waals surface area contributed by atoms with Crippen LogP contribution in [0.15, 0.2) is 0 Å². The van der Waals surface area contributed by atoms with E-state index in [1.54, 1.807) is 0 Å². The second-order valence-electron chi connectivity index (χ2n) is 2.78. The van der Waals surface area contributed by atoms with Crippen molar-refractivity contribution in [2.45, 2.75) is 11.5 Å². The number of nitrogens with one attached hydrogen (secondary N) is 1. The lowest BCUT2D eigenvalue weighted by Crippen LogP contribution is -2.44. The molecular weight excluding hydrogens is 160 g/mol. The lowest BCUT2D eigenvalue weighted by atomic mass is 10.3. The lowest BCUT2D eigenvalue weighted by molar-refractivity contribution is 0.0223. The summed E-state index contributed by atoms with van der Waals surface area (Å²) in [5, 5.41) is 8.23. The fraction of sp³-hybridized carbons (Fsp3) is 1.00. The van der Waals surface area contributed by atoms with Gasteiger partial charge in [0.05, 0.1) is 18.1 Å². The number of hydrogen-bond donors (Lipinski definition) is 1. The van der Waals surface area contributed by atoms with E-state index in [0.29, 0.717) is 11.5 Å². The van der Waals surface area contributed by atoms with Crippen molar-refractivity contribution in [3.8, 4) is 0 Å². The van der Waals surface area contributed by atoms with Crippen LogP contribution >= 0.6 is 11.8 Å². The van der Waals surface area contributed by atoms with Gasteiger partial charge in [0.15, 0.2) is 0 Å². The molecule has 63 valence electrons. The van der Waals surface area contributed by atoms with E-state index in [1.807, 2.05) is 11.8 Å². The second kappa shape index (κ2) is 3.76. The Morgan fingerprint density at radius 3 is 3.18 bits per heavy atom. The fourth-order valence-electron chi connectivity index (χ4n) is 1.41. The standard InChI is InChI=1S/C7H13N2OS/c1-3-10-6(5-8-1)7-9-2-4-11-7/h6-7,9H,1-5H2.